The van der Waals surface area contributed by atoms with E-state index in [0.717, 1.165) is 10.0 Å². The van der Waals surface area contributed by atoms with Gasteiger partial charge in [0, 0.05) is 12.6 Å². The van der Waals surface area contributed by atoms with Crippen molar-refractivity contribution in [2.24, 2.45) is 11.7 Å². The minimum absolute atomic E-state index is 0.224. The molecule has 0 aromatic heterocycles. The fourth-order valence-corrected chi connectivity index (χ4v) is 2.38. The molecular formula is C11H17FN4O2S. The lowest BCUT2D eigenvalue weighted by molar-refractivity contribution is 0.216. The molecule has 1 aromatic rings. The molecule has 0 saturated carbocycles. The molecule has 106 valence electrons. The number of carbonyl (C=O) groups is 1. The Morgan fingerprint density at radius 2 is 2.11 bits per heavy atom. The Hall–Kier alpha value is -1.35. The van der Waals surface area contributed by atoms with E-state index < -0.39 is 18.5 Å². The molecule has 6 nitrogen and oxygen atoms in total. The molecule has 0 fully saturated rings. The number of benzene rings is 1. The van der Waals surface area contributed by atoms with Gasteiger partial charge in [-0.25, -0.2) is 25.9 Å². The summed E-state index contributed by atoms with van der Waals surface area (Å²) >= 11 is 1.23. The summed E-state index contributed by atoms with van der Waals surface area (Å²) in [5.41, 5.74) is 0.492. The van der Waals surface area contributed by atoms with Crippen molar-refractivity contribution in [3.8, 4) is 0 Å². The molecule has 0 unspecified atom stereocenters. The average Bonchev–Trinajstić information content (AvgIpc) is 2.39. The molecule has 8 heteroatoms. The maximum absolute atomic E-state index is 13.7. The summed E-state index contributed by atoms with van der Waals surface area (Å²) < 4.78 is 13.7. The number of anilines is 1. The summed E-state index contributed by atoms with van der Waals surface area (Å²) in [6.07, 6.45) is 0. The van der Waals surface area contributed by atoms with E-state index in [4.69, 9.17) is 11.7 Å². The monoisotopic (exact) mass is 288 g/mol. The number of amides is 2. The lowest BCUT2D eigenvalue weighted by Gasteiger charge is -2.24. The normalized spacial score (nSPS) is 10.4. The van der Waals surface area contributed by atoms with Crippen LogP contribution in [0.2, 0.25) is 0 Å². The fourth-order valence-electron chi connectivity index (χ4n) is 1.54. The van der Waals surface area contributed by atoms with E-state index in [1.807, 2.05) is 6.92 Å². The second-order valence-electron chi connectivity index (χ2n) is 3.73. The van der Waals surface area contributed by atoms with Crippen molar-refractivity contribution >= 4 is 23.5 Å². The molecule has 0 saturated heterocycles. The van der Waals surface area contributed by atoms with E-state index in [-0.39, 0.29) is 16.1 Å². The van der Waals surface area contributed by atoms with Gasteiger partial charge in [-0.3, -0.25) is 5.01 Å². The molecular weight excluding hydrogens is 271 g/mol. The summed E-state index contributed by atoms with van der Waals surface area (Å²) in [6.45, 7) is 1.43. The van der Waals surface area contributed by atoms with Crippen molar-refractivity contribution in [1.82, 2.24) is 5.01 Å². The predicted molar refractivity (Wildman–Crippen MR) is 72.7 cm³/mol. The highest BCUT2D eigenvalue weighted by atomic mass is 32.2. The van der Waals surface area contributed by atoms with E-state index >= 15 is 0 Å². The van der Waals surface area contributed by atoms with Gasteiger partial charge >= 0.3 is 6.03 Å². The molecule has 0 radical (unpaired) electrons. The Morgan fingerprint density at radius 1 is 1.47 bits per heavy atom. The maximum atomic E-state index is 13.7. The number of hydrogen-bond acceptors (Lipinski definition) is 5. The molecule has 5 N–H and O–H groups in total. The topological polar surface area (TPSA) is 95.8 Å². The molecule has 19 heavy (non-hydrogen) atoms. The molecule has 0 spiro atoms. The van der Waals surface area contributed by atoms with Crippen LogP contribution in [0.15, 0.2) is 17.0 Å². The van der Waals surface area contributed by atoms with Crippen LogP contribution in [0.4, 0.5) is 14.9 Å². The van der Waals surface area contributed by atoms with Crippen LogP contribution in [0.25, 0.3) is 0 Å². The number of aliphatic hydroxyl groups excluding tert-OH is 1. The largest absolute Gasteiger partial charge is 0.392 e. The number of nitrogens with zero attached hydrogens (tertiary/aromatic N) is 2. The van der Waals surface area contributed by atoms with Crippen LogP contribution in [0, 0.1) is 5.82 Å². The van der Waals surface area contributed by atoms with Crippen molar-refractivity contribution in [3.63, 3.8) is 0 Å². The van der Waals surface area contributed by atoms with E-state index in [2.05, 4.69) is 0 Å². The molecule has 0 atom stereocenters. The average molecular weight is 288 g/mol. The zero-order valence-corrected chi connectivity index (χ0v) is 11.6. The van der Waals surface area contributed by atoms with Crippen LogP contribution in [0.5, 0.6) is 0 Å². The summed E-state index contributed by atoms with van der Waals surface area (Å²) in [7, 11) is 1.34. The van der Waals surface area contributed by atoms with Crippen molar-refractivity contribution < 1.29 is 14.3 Å². The highest BCUT2D eigenvalue weighted by Crippen LogP contribution is 2.32. The van der Waals surface area contributed by atoms with Crippen LogP contribution in [-0.2, 0) is 6.61 Å². The van der Waals surface area contributed by atoms with Crippen LogP contribution < -0.4 is 16.7 Å². The SMILES string of the molecule is CCSc1c(F)ccc(N(N)C(=O)N(C)N)c1CO. The minimum atomic E-state index is -0.672. The quantitative estimate of drug-likeness (QED) is 0.333. The van der Waals surface area contributed by atoms with Gasteiger partial charge in [0.15, 0.2) is 0 Å². The van der Waals surface area contributed by atoms with Crippen LogP contribution in [0.1, 0.15) is 12.5 Å². The molecule has 2 amide bonds. The van der Waals surface area contributed by atoms with E-state index in [1.54, 1.807) is 0 Å². The van der Waals surface area contributed by atoms with Crippen molar-refractivity contribution in [1.29, 1.82) is 0 Å². The van der Waals surface area contributed by atoms with E-state index in [1.165, 1.54) is 30.9 Å². The zero-order valence-electron chi connectivity index (χ0n) is 10.8. The van der Waals surface area contributed by atoms with E-state index in [0.29, 0.717) is 5.75 Å². The van der Waals surface area contributed by atoms with Crippen LogP contribution >= 0.6 is 11.8 Å². The van der Waals surface area contributed by atoms with Gasteiger partial charge in [0.1, 0.15) is 5.82 Å². The van der Waals surface area contributed by atoms with Gasteiger partial charge in [0.2, 0.25) is 0 Å². The highest BCUT2D eigenvalue weighted by Gasteiger charge is 2.21. The van der Waals surface area contributed by atoms with Crippen molar-refractivity contribution in [2.75, 3.05) is 17.8 Å². The second kappa shape index (κ2) is 6.71. The number of hydrazine groups is 2. The lowest BCUT2D eigenvalue weighted by atomic mass is 10.1. The summed E-state index contributed by atoms with van der Waals surface area (Å²) in [5.74, 6) is 11.1. The number of halogens is 1. The fraction of sp³-hybridized carbons (Fsp3) is 0.364. The summed E-state index contributed by atoms with van der Waals surface area (Å²) in [6, 6.07) is 1.87. The Labute approximate surface area is 115 Å². The number of urea groups is 1. The molecule has 0 bridgehead atoms. The van der Waals surface area contributed by atoms with Gasteiger partial charge in [0.25, 0.3) is 0 Å². The van der Waals surface area contributed by atoms with E-state index in [9.17, 15) is 14.3 Å². The van der Waals surface area contributed by atoms with Gasteiger partial charge in [0.05, 0.1) is 17.2 Å². The Morgan fingerprint density at radius 3 is 2.58 bits per heavy atom. The Kier molecular flexibility index (Phi) is 5.55. The van der Waals surface area contributed by atoms with Crippen LogP contribution in [0.3, 0.4) is 0 Å². The standard InChI is InChI=1S/C11H17FN4O2S/c1-3-19-10-7(6-17)9(5-4-8(10)12)16(14)11(18)15(2)13/h4-5,17H,3,6,13-14H2,1-2H3. The highest BCUT2D eigenvalue weighted by molar-refractivity contribution is 7.99. The molecule has 0 aliphatic carbocycles. The third kappa shape index (κ3) is 3.35. The van der Waals surface area contributed by atoms with Gasteiger partial charge in [-0.2, -0.15) is 0 Å². The van der Waals surface area contributed by atoms with Crippen LogP contribution in [-0.4, -0.2) is 28.9 Å². The maximum Gasteiger partial charge on any atom is 0.352 e. The van der Waals surface area contributed by atoms with Gasteiger partial charge in [-0.1, -0.05) is 6.92 Å². The third-order valence-electron chi connectivity index (χ3n) is 2.40. The van der Waals surface area contributed by atoms with Crippen molar-refractivity contribution in [3.05, 3.63) is 23.5 Å². The Balaban J connectivity index is 3.28. The molecule has 0 aliphatic rings. The zero-order chi connectivity index (χ0) is 14.6. The predicted octanol–water partition coefficient (Wildman–Crippen LogP) is 1.04. The number of nitrogens with two attached hydrogens (primary N) is 2. The third-order valence-corrected chi connectivity index (χ3v) is 3.42. The molecule has 1 rings (SSSR count). The number of thioether (sulfide) groups is 1. The smallest absolute Gasteiger partial charge is 0.352 e. The number of rotatable bonds is 4. The first-order valence-electron chi connectivity index (χ1n) is 5.56. The van der Waals surface area contributed by atoms with Gasteiger partial charge < -0.3 is 5.11 Å². The summed E-state index contributed by atoms with van der Waals surface area (Å²) in [4.78, 5) is 12.0. The number of carbonyl (C=O) groups excluding carboxylic acids is 1. The first-order valence-corrected chi connectivity index (χ1v) is 6.54. The second-order valence-corrected chi connectivity index (χ2v) is 5.00. The van der Waals surface area contributed by atoms with Gasteiger partial charge in [-0.15, -0.1) is 11.8 Å². The summed E-state index contributed by atoms with van der Waals surface area (Å²) in [5, 5.41) is 11.0. The first kappa shape index (κ1) is 15.7. The molecule has 0 heterocycles. The number of hydrogen-bond donors (Lipinski definition) is 3. The number of aliphatic hydroxyl groups is 1. The molecule has 0 aliphatic heterocycles. The first-order chi connectivity index (χ1) is 8.93. The van der Waals surface area contributed by atoms with Gasteiger partial charge in [-0.05, 0) is 17.9 Å². The lowest BCUT2D eigenvalue weighted by Crippen LogP contribution is -2.49. The van der Waals surface area contributed by atoms with Crippen molar-refractivity contribution in [2.45, 2.75) is 18.4 Å². The Bertz CT molecular complexity index is 470. The minimum Gasteiger partial charge on any atom is -0.392 e. The molecule has 1 aromatic carbocycles.